The fourth-order valence-corrected chi connectivity index (χ4v) is 4.28. The summed E-state index contributed by atoms with van der Waals surface area (Å²) in [5.74, 6) is 3.78. The Labute approximate surface area is 71.0 Å². The second kappa shape index (κ2) is 4.80. The minimum absolute atomic E-state index is 0.858. The van der Waals surface area contributed by atoms with Crippen molar-refractivity contribution < 1.29 is 0 Å². The number of thiol groups is 1. The Morgan fingerprint density at radius 3 is 2.56 bits per heavy atom. The molecule has 0 radical (unpaired) electrons. The van der Waals surface area contributed by atoms with E-state index in [0.29, 0.717) is 0 Å². The molecule has 54 valence electrons. The molecule has 0 atom stereocenters. The number of rotatable bonds is 2. The maximum atomic E-state index is 4.20. The molecule has 0 aromatic carbocycles. The molecule has 1 aliphatic heterocycles. The minimum atomic E-state index is 0.858. The van der Waals surface area contributed by atoms with Gasteiger partial charge in [0.1, 0.15) is 0 Å². The van der Waals surface area contributed by atoms with Crippen LogP contribution in [0.25, 0.3) is 0 Å². The van der Waals surface area contributed by atoms with Gasteiger partial charge in [-0.15, -0.1) is 23.5 Å². The van der Waals surface area contributed by atoms with Crippen LogP contribution in [0.3, 0.4) is 0 Å². The highest BCUT2D eigenvalue weighted by Crippen LogP contribution is 2.32. The molecule has 0 aromatic rings. The summed E-state index contributed by atoms with van der Waals surface area (Å²) < 4.78 is 0.858. The Morgan fingerprint density at radius 2 is 2.00 bits per heavy atom. The first-order chi connectivity index (χ1) is 4.43. The van der Waals surface area contributed by atoms with E-state index in [1.165, 1.54) is 24.3 Å². The predicted molar refractivity (Wildman–Crippen MR) is 51.8 cm³/mol. The van der Waals surface area contributed by atoms with Gasteiger partial charge in [-0.1, -0.05) is 0 Å². The van der Waals surface area contributed by atoms with Crippen LogP contribution in [-0.4, -0.2) is 21.8 Å². The maximum absolute atomic E-state index is 4.20. The molecule has 1 heterocycles. The van der Waals surface area contributed by atoms with Crippen molar-refractivity contribution in [3.8, 4) is 0 Å². The molecule has 0 saturated carbocycles. The lowest BCUT2D eigenvalue weighted by molar-refractivity contribution is 1.03. The molecule has 3 heteroatoms. The number of hydrogen-bond donors (Lipinski definition) is 1. The standard InChI is InChI=1S/C6H12S3/c7-3-2-6-8-4-1-5-9-6/h6-7H,1-5H2. The molecular weight excluding hydrogens is 168 g/mol. The van der Waals surface area contributed by atoms with Gasteiger partial charge >= 0.3 is 0 Å². The van der Waals surface area contributed by atoms with Gasteiger partial charge in [-0.2, -0.15) is 12.6 Å². The van der Waals surface area contributed by atoms with Crippen LogP contribution in [0, 0.1) is 0 Å². The first kappa shape index (κ1) is 8.15. The van der Waals surface area contributed by atoms with Crippen molar-refractivity contribution >= 4 is 36.2 Å². The van der Waals surface area contributed by atoms with E-state index in [9.17, 15) is 0 Å². The van der Waals surface area contributed by atoms with E-state index in [1.807, 2.05) is 0 Å². The first-order valence-electron chi connectivity index (χ1n) is 3.27. The summed E-state index contributed by atoms with van der Waals surface area (Å²) in [6.45, 7) is 0. The summed E-state index contributed by atoms with van der Waals surface area (Å²) in [6.07, 6.45) is 2.68. The average Bonchev–Trinajstić information content (AvgIpc) is 1.91. The van der Waals surface area contributed by atoms with Crippen molar-refractivity contribution in [2.75, 3.05) is 17.3 Å². The smallest absolute Gasteiger partial charge is 0.0510 e. The highest BCUT2D eigenvalue weighted by molar-refractivity contribution is 8.17. The van der Waals surface area contributed by atoms with Gasteiger partial charge in [0.2, 0.25) is 0 Å². The van der Waals surface area contributed by atoms with Crippen LogP contribution >= 0.6 is 36.2 Å². The molecule has 0 bridgehead atoms. The molecule has 1 fully saturated rings. The molecule has 0 aliphatic carbocycles. The maximum Gasteiger partial charge on any atom is 0.0510 e. The summed E-state index contributed by atoms with van der Waals surface area (Å²) in [5.41, 5.74) is 0. The molecule has 0 unspecified atom stereocenters. The molecule has 0 N–H and O–H groups in total. The third kappa shape index (κ3) is 3.10. The third-order valence-electron chi connectivity index (χ3n) is 1.26. The van der Waals surface area contributed by atoms with Crippen molar-refractivity contribution in [2.24, 2.45) is 0 Å². The molecule has 0 aromatic heterocycles. The van der Waals surface area contributed by atoms with E-state index in [0.717, 1.165) is 10.3 Å². The van der Waals surface area contributed by atoms with Crippen molar-refractivity contribution in [2.45, 2.75) is 17.4 Å². The minimum Gasteiger partial charge on any atom is -0.179 e. The summed E-state index contributed by atoms with van der Waals surface area (Å²) >= 11 is 8.41. The largest absolute Gasteiger partial charge is 0.179 e. The zero-order valence-electron chi connectivity index (χ0n) is 5.38. The van der Waals surface area contributed by atoms with Gasteiger partial charge in [0, 0.05) is 0 Å². The average molecular weight is 180 g/mol. The van der Waals surface area contributed by atoms with Gasteiger partial charge in [-0.3, -0.25) is 0 Å². The zero-order valence-corrected chi connectivity index (χ0v) is 7.90. The quantitative estimate of drug-likeness (QED) is 0.648. The molecule has 0 spiro atoms. The van der Waals surface area contributed by atoms with Crippen LogP contribution in [-0.2, 0) is 0 Å². The number of hydrogen-bond acceptors (Lipinski definition) is 3. The lowest BCUT2D eigenvalue weighted by atomic mass is 10.5. The van der Waals surface area contributed by atoms with Crippen molar-refractivity contribution in [3.63, 3.8) is 0 Å². The van der Waals surface area contributed by atoms with Crippen LogP contribution in [0.15, 0.2) is 0 Å². The van der Waals surface area contributed by atoms with Gasteiger partial charge < -0.3 is 0 Å². The monoisotopic (exact) mass is 180 g/mol. The van der Waals surface area contributed by atoms with Gasteiger partial charge in [0.25, 0.3) is 0 Å². The van der Waals surface area contributed by atoms with Gasteiger partial charge in [-0.05, 0) is 30.1 Å². The lowest BCUT2D eigenvalue weighted by Crippen LogP contribution is -2.06. The molecular formula is C6H12S3. The van der Waals surface area contributed by atoms with Crippen LogP contribution in [0.2, 0.25) is 0 Å². The van der Waals surface area contributed by atoms with Crippen LogP contribution in [0.4, 0.5) is 0 Å². The van der Waals surface area contributed by atoms with Gasteiger partial charge in [0.15, 0.2) is 0 Å². The molecule has 0 nitrogen and oxygen atoms in total. The van der Waals surface area contributed by atoms with E-state index < -0.39 is 0 Å². The van der Waals surface area contributed by atoms with Crippen LogP contribution in [0.5, 0.6) is 0 Å². The van der Waals surface area contributed by atoms with Crippen molar-refractivity contribution in [1.82, 2.24) is 0 Å². The second-order valence-electron chi connectivity index (χ2n) is 2.04. The van der Waals surface area contributed by atoms with Crippen LogP contribution < -0.4 is 0 Å². The van der Waals surface area contributed by atoms with E-state index in [2.05, 4.69) is 36.2 Å². The molecule has 0 amide bonds. The summed E-state index contributed by atoms with van der Waals surface area (Å²) in [5, 5.41) is 0. The number of thioether (sulfide) groups is 2. The fraction of sp³-hybridized carbons (Fsp3) is 1.00. The third-order valence-corrected chi connectivity index (χ3v) is 4.60. The predicted octanol–water partition coefficient (Wildman–Crippen LogP) is 2.50. The van der Waals surface area contributed by atoms with Gasteiger partial charge in [0.05, 0.1) is 4.58 Å². The molecule has 1 saturated heterocycles. The Bertz CT molecular complexity index is 65.9. The Hall–Kier alpha value is 1.05. The topological polar surface area (TPSA) is 0 Å². The zero-order chi connectivity index (χ0) is 6.53. The second-order valence-corrected chi connectivity index (χ2v) is 5.40. The fourth-order valence-electron chi connectivity index (χ4n) is 0.809. The first-order valence-corrected chi connectivity index (χ1v) is 6.00. The molecule has 1 rings (SSSR count). The summed E-state index contributed by atoms with van der Waals surface area (Å²) in [6, 6.07) is 0. The van der Waals surface area contributed by atoms with Crippen molar-refractivity contribution in [1.29, 1.82) is 0 Å². The van der Waals surface area contributed by atoms with E-state index in [-0.39, 0.29) is 0 Å². The SMILES string of the molecule is SCCC1SCCCS1. The van der Waals surface area contributed by atoms with Gasteiger partial charge in [-0.25, -0.2) is 0 Å². The van der Waals surface area contributed by atoms with E-state index in [4.69, 9.17) is 0 Å². The highest BCUT2D eigenvalue weighted by Gasteiger charge is 2.12. The molecule has 9 heavy (non-hydrogen) atoms. The lowest BCUT2D eigenvalue weighted by Gasteiger charge is -2.19. The Balaban J connectivity index is 2.08. The van der Waals surface area contributed by atoms with Crippen LogP contribution in [0.1, 0.15) is 12.8 Å². The highest BCUT2D eigenvalue weighted by atomic mass is 32.2. The molecule has 1 aliphatic rings. The van der Waals surface area contributed by atoms with E-state index >= 15 is 0 Å². The Kier molecular flexibility index (Phi) is 4.35. The van der Waals surface area contributed by atoms with Crippen molar-refractivity contribution in [3.05, 3.63) is 0 Å². The summed E-state index contributed by atoms with van der Waals surface area (Å²) in [7, 11) is 0. The Morgan fingerprint density at radius 1 is 1.33 bits per heavy atom. The normalized spacial score (nSPS) is 22.3. The van der Waals surface area contributed by atoms with E-state index in [1.54, 1.807) is 0 Å². The summed E-state index contributed by atoms with van der Waals surface area (Å²) in [4.78, 5) is 0.